The van der Waals surface area contributed by atoms with E-state index in [1.807, 2.05) is 6.92 Å². The third kappa shape index (κ3) is 3.63. The molecule has 1 aromatic carbocycles. The molecule has 1 atom stereocenters. The largest absolute Gasteiger partial charge is 0.339 e. The highest BCUT2D eigenvalue weighted by molar-refractivity contribution is 5.19. The van der Waals surface area contributed by atoms with E-state index in [1.54, 1.807) is 12.1 Å². The molecule has 5 heteroatoms. The van der Waals surface area contributed by atoms with Crippen molar-refractivity contribution in [2.45, 2.75) is 32.2 Å². The van der Waals surface area contributed by atoms with Crippen molar-refractivity contribution in [3.8, 4) is 0 Å². The zero-order chi connectivity index (χ0) is 13.0. The summed E-state index contributed by atoms with van der Waals surface area (Å²) in [6.45, 7) is 1.94. The lowest BCUT2D eigenvalue weighted by Crippen LogP contribution is -2.15. The minimum Gasteiger partial charge on any atom is -0.339 e. The first-order valence-electron chi connectivity index (χ1n) is 5.95. The predicted octanol–water partition coefficient (Wildman–Crippen LogP) is 2.08. The van der Waals surface area contributed by atoms with Crippen molar-refractivity contribution in [1.82, 2.24) is 10.1 Å². The van der Waals surface area contributed by atoms with Crippen molar-refractivity contribution >= 4 is 0 Å². The Hall–Kier alpha value is -1.75. The number of halogens is 1. The van der Waals surface area contributed by atoms with E-state index in [1.165, 1.54) is 12.1 Å². The summed E-state index contributed by atoms with van der Waals surface area (Å²) < 4.78 is 17.9. The van der Waals surface area contributed by atoms with E-state index in [2.05, 4.69) is 10.1 Å². The lowest BCUT2D eigenvalue weighted by Gasteiger charge is -1.99. The minimum absolute atomic E-state index is 0.123. The van der Waals surface area contributed by atoms with Gasteiger partial charge in [-0.2, -0.15) is 4.98 Å². The molecule has 4 nitrogen and oxygen atoms in total. The zero-order valence-electron chi connectivity index (χ0n) is 10.3. The SMILES string of the molecule is CC(N)CCc1nc(Cc2ccc(F)cc2)no1. The molecule has 0 amide bonds. The van der Waals surface area contributed by atoms with Gasteiger partial charge in [-0.3, -0.25) is 0 Å². The Bertz CT molecular complexity index is 493. The fourth-order valence-corrected chi connectivity index (χ4v) is 1.60. The number of nitrogens with two attached hydrogens (primary N) is 1. The molecule has 0 saturated heterocycles. The average Bonchev–Trinajstić information content (AvgIpc) is 2.77. The van der Waals surface area contributed by atoms with E-state index in [-0.39, 0.29) is 11.9 Å². The van der Waals surface area contributed by atoms with Crippen LogP contribution in [0.4, 0.5) is 4.39 Å². The monoisotopic (exact) mass is 249 g/mol. The van der Waals surface area contributed by atoms with Crippen LogP contribution in [0.25, 0.3) is 0 Å². The van der Waals surface area contributed by atoms with Crippen LogP contribution in [-0.2, 0) is 12.8 Å². The fourth-order valence-electron chi connectivity index (χ4n) is 1.60. The summed E-state index contributed by atoms with van der Waals surface area (Å²) in [4.78, 5) is 4.27. The molecule has 18 heavy (non-hydrogen) atoms. The van der Waals surface area contributed by atoms with Crippen molar-refractivity contribution in [3.63, 3.8) is 0 Å². The van der Waals surface area contributed by atoms with Gasteiger partial charge in [-0.15, -0.1) is 0 Å². The zero-order valence-corrected chi connectivity index (χ0v) is 10.3. The maximum Gasteiger partial charge on any atom is 0.226 e. The Morgan fingerprint density at radius 1 is 1.33 bits per heavy atom. The number of rotatable bonds is 5. The van der Waals surface area contributed by atoms with Gasteiger partial charge < -0.3 is 10.3 Å². The van der Waals surface area contributed by atoms with Crippen molar-refractivity contribution in [2.75, 3.05) is 0 Å². The Morgan fingerprint density at radius 2 is 2.06 bits per heavy atom. The number of nitrogens with zero attached hydrogens (tertiary/aromatic N) is 2. The number of hydrogen-bond donors (Lipinski definition) is 1. The summed E-state index contributed by atoms with van der Waals surface area (Å²) >= 11 is 0. The summed E-state index contributed by atoms with van der Waals surface area (Å²) in [5, 5.41) is 3.89. The molecule has 0 bridgehead atoms. The van der Waals surface area contributed by atoms with Gasteiger partial charge >= 0.3 is 0 Å². The van der Waals surface area contributed by atoms with E-state index in [9.17, 15) is 4.39 Å². The smallest absolute Gasteiger partial charge is 0.226 e. The quantitative estimate of drug-likeness (QED) is 0.881. The van der Waals surface area contributed by atoms with Crippen molar-refractivity contribution in [1.29, 1.82) is 0 Å². The maximum absolute atomic E-state index is 12.7. The highest BCUT2D eigenvalue weighted by atomic mass is 19.1. The second kappa shape index (κ2) is 5.73. The van der Waals surface area contributed by atoms with Crippen LogP contribution in [0.3, 0.4) is 0 Å². The first-order chi connectivity index (χ1) is 8.63. The molecule has 0 aliphatic carbocycles. The molecule has 2 rings (SSSR count). The average molecular weight is 249 g/mol. The molecule has 96 valence electrons. The minimum atomic E-state index is -0.246. The normalized spacial score (nSPS) is 12.6. The van der Waals surface area contributed by atoms with Crippen LogP contribution in [-0.4, -0.2) is 16.2 Å². The van der Waals surface area contributed by atoms with Gasteiger partial charge in [0.25, 0.3) is 0 Å². The van der Waals surface area contributed by atoms with Gasteiger partial charge in [0, 0.05) is 18.9 Å². The highest BCUT2D eigenvalue weighted by Crippen LogP contribution is 2.09. The van der Waals surface area contributed by atoms with E-state index >= 15 is 0 Å². The summed E-state index contributed by atoms with van der Waals surface area (Å²) in [6, 6.07) is 6.40. The van der Waals surface area contributed by atoms with E-state index in [4.69, 9.17) is 10.3 Å². The second-order valence-electron chi connectivity index (χ2n) is 4.42. The van der Waals surface area contributed by atoms with Crippen LogP contribution in [0.2, 0.25) is 0 Å². The van der Waals surface area contributed by atoms with Gasteiger partial charge in [-0.1, -0.05) is 17.3 Å². The molecular weight excluding hydrogens is 233 g/mol. The Kier molecular flexibility index (Phi) is 4.04. The van der Waals surface area contributed by atoms with Crippen LogP contribution in [0, 0.1) is 5.82 Å². The molecule has 2 N–H and O–H groups in total. The lowest BCUT2D eigenvalue weighted by molar-refractivity contribution is 0.368. The van der Waals surface area contributed by atoms with E-state index in [0.717, 1.165) is 12.0 Å². The summed E-state index contributed by atoms with van der Waals surface area (Å²) in [6.07, 6.45) is 2.05. The van der Waals surface area contributed by atoms with E-state index in [0.29, 0.717) is 24.6 Å². The van der Waals surface area contributed by atoms with Crippen LogP contribution in [0.1, 0.15) is 30.6 Å². The van der Waals surface area contributed by atoms with Gasteiger partial charge in [-0.25, -0.2) is 4.39 Å². The molecule has 0 saturated carbocycles. The maximum atomic E-state index is 12.7. The third-order valence-electron chi connectivity index (χ3n) is 2.60. The van der Waals surface area contributed by atoms with Crippen LogP contribution in [0.5, 0.6) is 0 Å². The molecule has 0 spiro atoms. The standard InChI is InChI=1S/C13H16FN3O/c1-9(15)2-7-13-16-12(17-18-13)8-10-3-5-11(14)6-4-10/h3-6,9H,2,7-8,15H2,1H3. The van der Waals surface area contributed by atoms with Gasteiger partial charge in [0.2, 0.25) is 5.89 Å². The third-order valence-corrected chi connectivity index (χ3v) is 2.60. The van der Waals surface area contributed by atoms with Crippen LogP contribution < -0.4 is 5.73 Å². The molecule has 2 aromatic rings. The Morgan fingerprint density at radius 3 is 2.72 bits per heavy atom. The molecule has 0 aliphatic rings. The molecular formula is C13H16FN3O. The molecule has 0 aliphatic heterocycles. The first kappa shape index (κ1) is 12.7. The molecule has 1 aromatic heterocycles. The van der Waals surface area contributed by atoms with Gasteiger partial charge in [0.05, 0.1) is 0 Å². The summed E-state index contributed by atoms with van der Waals surface area (Å²) in [7, 11) is 0. The predicted molar refractivity (Wildman–Crippen MR) is 65.5 cm³/mol. The molecule has 1 heterocycles. The van der Waals surface area contributed by atoms with Crippen LogP contribution >= 0.6 is 0 Å². The summed E-state index contributed by atoms with van der Waals surface area (Å²) in [5.74, 6) is 0.968. The number of benzene rings is 1. The number of hydrogen-bond acceptors (Lipinski definition) is 4. The number of aryl methyl sites for hydroxylation is 1. The fraction of sp³-hybridized carbons (Fsp3) is 0.385. The van der Waals surface area contributed by atoms with E-state index < -0.39 is 0 Å². The van der Waals surface area contributed by atoms with Crippen LogP contribution in [0.15, 0.2) is 28.8 Å². The Balaban J connectivity index is 1.95. The summed E-state index contributed by atoms with van der Waals surface area (Å²) in [5.41, 5.74) is 6.61. The van der Waals surface area contributed by atoms with Crippen molar-refractivity contribution in [2.24, 2.45) is 5.73 Å². The molecule has 1 unspecified atom stereocenters. The second-order valence-corrected chi connectivity index (χ2v) is 4.42. The Labute approximate surface area is 105 Å². The van der Waals surface area contributed by atoms with Gasteiger partial charge in [-0.05, 0) is 31.0 Å². The van der Waals surface area contributed by atoms with Gasteiger partial charge in [0.1, 0.15) is 5.82 Å². The van der Waals surface area contributed by atoms with Crippen molar-refractivity contribution in [3.05, 3.63) is 47.4 Å². The molecule has 0 radical (unpaired) electrons. The number of aromatic nitrogens is 2. The topological polar surface area (TPSA) is 64.9 Å². The van der Waals surface area contributed by atoms with Crippen molar-refractivity contribution < 1.29 is 8.91 Å². The molecule has 0 fully saturated rings. The lowest BCUT2D eigenvalue weighted by atomic mass is 10.1. The van der Waals surface area contributed by atoms with Gasteiger partial charge in [0.15, 0.2) is 5.82 Å². The highest BCUT2D eigenvalue weighted by Gasteiger charge is 2.08. The first-order valence-corrected chi connectivity index (χ1v) is 5.95.